The van der Waals surface area contributed by atoms with E-state index < -0.39 is 5.88 Å². The summed E-state index contributed by atoms with van der Waals surface area (Å²) in [6.07, 6.45) is 1.21. The van der Waals surface area contributed by atoms with Crippen molar-refractivity contribution in [1.82, 2.24) is 0 Å². The highest BCUT2D eigenvalue weighted by Crippen LogP contribution is 2.03. The van der Waals surface area contributed by atoms with Crippen LogP contribution in [0.3, 0.4) is 0 Å². The van der Waals surface area contributed by atoms with E-state index >= 15 is 0 Å². The van der Waals surface area contributed by atoms with Gasteiger partial charge in [-0.2, -0.15) is 0 Å². The van der Waals surface area contributed by atoms with Gasteiger partial charge in [-0.05, 0) is 0 Å². The van der Waals surface area contributed by atoms with Crippen molar-refractivity contribution < 1.29 is 9.84 Å². The highest BCUT2D eigenvalue weighted by Gasteiger charge is 1.97. The van der Waals surface area contributed by atoms with Gasteiger partial charge in [-0.3, -0.25) is 0 Å². The fourth-order valence-corrected chi connectivity index (χ4v) is 0.462. The molecule has 10 heavy (non-hydrogen) atoms. The maximum absolute atomic E-state index is 8.63. The Hall–Kier alpha value is -1.03. The van der Waals surface area contributed by atoms with E-state index in [0.29, 0.717) is 0 Å². The van der Waals surface area contributed by atoms with E-state index in [2.05, 4.69) is 4.74 Å². The second kappa shape index (κ2) is 3.90. The molecule has 58 valence electrons. The molecule has 0 spiro atoms. The first-order valence-electron chi connectivity index (χ1n) is 2.43. The van der Waals surface area contributed by atoms with Gasteiger partial charge >= 0.3 is 0 Å². The third-order valence-corrected chi connectivity index (χ3v) is 0.850. The summed E-state index contributed by atoms with van der Waals surface area (Å²) in [6, 6.07) is 0. The summed E-state index contributed by atoms with van der Waals surface area (Å²) in [5.41, 5.74) is 10.00. The lowest BCUT2D eigenvalue weighted by Gasteiger charge is -2.00. The Kier molecular flexibility index (Phi) is 3.49. The average Bonchev–Trinajstić information content (AvgIpc) is 1.81. The van der Waals surface area contributed by atoms with Crippen LogP contribution in [0.5, 0.6) is 0 Å². The smallest absolute Gasteiger partial charge is 0.225 e. The molecule has 0 heterocycles. The van der Waals surface area contributed by atoms with Crippen LogP contribution in [0.2, 0.25) is 0 Å². The molecule has 4 nitrogen and oxygen atoms in total. The highest BCUT2D eigenvalue weighted by atomic mass is 35.5. The Labute approximate surface area is 63.7 Å². The lowest BCUT2D eigenvalue weighted by molar-refractivity contribution is 0.266. The van der Waals surface area contributed by atoms with E-state index in [4.69, 9.17) is 28.2 Å². The molecule has 0 fully saturated rings. The zero-order chi connectivity index (χ0) is 8.15. The van der Waals surface area contributed by atoms with Crippen molar-refractivity contribution in [2.45, 2.75) is 0 Å². The first kappa shape index (κ1) is 8.97. The molecular weight excluding hydrogens is 156 g/mol. The topological polar surface area (TPSA) is 81.5 Å². The average molecular weight is 165 g/mol. The van der Waals surface area contributed by atoms with Crippen molar-refractivity contribution in [2.75, 3.05) is 7.11 Å². The molecule has 0 rings (SSSR count). The molecule has 0 radical (unpaired) electrons. The standard InChI is InChI=1S/C5H9ClN2O2/c1-10-3(5(8)9)2-4(6)7/h2,9H,7-8H2,1H3/b4-2-,5-3-. The Morgan fingerprint density at radius 2 is 2.10 bits per heavy atom. The van der Waals surface area contributed by atoms with Gasteiger partial charge in [0.25, 0.3) is 0 Å². The first-order valence-corrected chi connectivity index (χ1v) is 2.81. The number of methoxy groups -OCH3 is 1. The molecular formula is C5H9ClN2O2. The summed E-state index contributed by atoms with van der Waals surface area (Å²) in [7, 11) is 1.34. The Balaban J connectivity index is 4.40. The Bertz CT molecular complexity index is 168. The molecule has 0 aliphatic carbocycles. The van der Waals surface area contributed by atoms with Crippen molar-refractivity contribution in [3.8, 4) is 0 Å². The van der Waals surface area contributed by atoms with E-state index in [1.807, 2.05) is 0 Å². The zero-order valence-corrected chi connectivity index (χ0v) is 6.22. The van der Waals surface area contributed by atoms with Gasteiger partial charge in [-0.25, -0.2) is 0 Å². The number of nitrogens with two attached hydrogens (primary N) is 2. The number of halogens is 1. The van der Waals surface area contributed by atoms with E-state index in [-0.39, 0.29) is 10.9 Å². The van der Waals surface area contributed by atoms with Crippen LogP contribution in [0.1, 0.15) is 0 Å². The minimum Gasteiger partial charge on any atom is -0.492 e. The molecule has 0 aliphatic rings. The molecule has 0 aromatic rings. The third kappa shape index (κ3) is 3.09. The van der Waals surface area contributed by atoms with Crippen LogP contribution in [0.15, 0.2) is 22.9 Å². The minimum absolute atomic E-state index is 0.00569. The molecule has 0 unspecified atom stereocenters. The molecule has 5 N–H and O–H groups in total. The lowest BCUT2D eigenvalue weighted by Crippen LogP contribution is -2.02. The van der Waals surface area contributed by atoms with Gasteiger partial charge in [0.2, 0.25) is 5.88 Å². The maximum Gasteiger partial charge on any atom is 0.225 e. The van der Waals surface area contributed by atoms with Crippen LogP contribution in [0, 0.1) is 0 Å². The number of ether oxygens (including phenoxy) is 1. The van der Waals surface area contributed by atoms with Crippen molar-refractivity contribution in [2.24, 2.45) is 11.5 Å². The van der Waals surface area contributed by atoms with Crippen LogP contribution in [-0.2, 0) is 4.74 Å². The molecule has 0 saturated heterocycles. The normalized spacial score (nSPS) is 14.4. The van der Waals surface area contributed by atoms with Crippen LogP contribution >= 0.6 is 11.6 Å². The monoisotopic (exact) mass is 164 g/mol. The Morgan fingerprint density at radius 3 is 2.20 bits per heavy atom. The van der Waals surface area contributed by atoms with Crippen LogP contribution in [0.4, 0.5) is 0 Å². The zero-order valence-electron chi connectivity index (χ0n) is 5.47. The van der Waals surface area contributed by atoms with Gasteiger partial charge < -0.3 is 21.3 Å². The predicted molar refractivity (Wildman–Crippen MR) is 39.0 cm³/mol. The van der Waals surface area contributed by atoms with Crippen molar-refractivity contribution in [3.05, 3.63) is 22.9 Å². The van der Waals surface area contributed by atoms with Crippen molar-refractivity contribution in [3.63, 3.8) is 0 Å². The minimum atomic E-state index is -0.453. The number of rotatable bonds is 2. The number of aliphatic hydroxyl groups excluding tert-OH is 1. The van der Waals surface area contributed by atoms with Gasteiger partial charge in [0.1, 0.15) is 5.16 Å². The number of allylic oxidation sites excluding steroid dienone is 1. The molecule has 0 saturated carbocycles. The largest absolute Gasteiger partial charge is 0.492 e. The first-order chi connectivity index (χ1) is 4.57. The summed E-state index contributed by atoms with van der Waals surface area (Å²) in [6.45, 7) is 0. The predicted octanol–water partition coefficient (Wildman–Crippen LogP) is 0.358. The fourth-order valence-electron chi connectivity index (χ4n) is 0.363. The van der Waals surface area contributed by atoms with Crippen LogP contribution in [0.25, 0.3) is 0 Å². The summed E-state index contributed by atoms with van der Waals surface area (Å²) in [5, 5.41) is 8.63. The fraction of sp³-hybridized carbons (Fsp3) is 0.200. The second-order valence-electron chi connectivity index (χ2n) is 1.48. The molecule has 0 aromatic heterocycles. The van der Waals surface area contributed by atoms with Crippen LogP contribution in [-0.4, -0.2) is 12.2 Å². The number of hydrogen-bond acceptors (Lipinski definition) is 4. The summed E-state index contributed by atoms with van der Waals surface area (Å²) in [4.78, 5) is 0. The lowest BCUT2D eigenvalue weighted by atomic mass is 10.5. The van der Waals surface area contributed by atoms with Crippen molar-refractivity contribution >= 4 is 11.6 Å². The van der Waals surface area contributed by atoms with E-state index in [1.54, 1.807) is 0 Å². The molecule has 0 amide bonds. The molecule has 0 aromatic carbocycles. The summed E-state index contributed by atoms with van der Waals surface area (Å²) >= 11 is 5.25. The summed E-state index contributed by atoms with van der Waals surface area (Å²) in [5.74, 6) is -0.404. The number of aliphatic hydroxyl groups is 1. The maximum atomic E-state index is 8.63. The molecule has 0 aliphatic heterocycles. The van der Waals surface area contributed by atoms with Gasteiger partial charge in [0, 0.05) is 6.08 Å². The van der Waals surface area contributed by atoms with E-state index in [9.17, 15) is 0 Å². The van der Waals surface area contributed by atoms with E-state index in [0.717, 1.165) is 0 Å². The third-order valence-electron chi connectivity index (χ3n) is 0.741. The molecule has 5 heteroatoms. The van der Waals surface area contributed by atoms with E-state index in [1.165, 1.54) is 13.2 Å². The SMILES string of the molecule is COC(/C=C(\N)Cl)=C(/N)O. The van der Waals surface area contributed by atoms with Gasteiger partial charge in [-0.15, -0.1) is 0 Å². The molecule has 0 bridgehead atoms. The summed E-state index contributed by atoms with van der Waals surface area (Å²) < 4.78 is 4.59. The number of hydrogen-bond donors (Lipinski definition) is 3. The van der Waals surface area contributed by atoms with Gasteiger partial charge in [0.15, 0.2) is 5.76 Å². The Morgan fingerprint density at radius 1 is 1.60 bits per heavy atom. The van der Waals surface area contributed by atoms with Gasteiger partial charge in [0.05, 0.1) is 7.11 Å². The quantitative estimate of drug-likeness (QED) is 0.313. The molecule has 0 atom stereocenters. The van der Waals surface area contributed by atoms with Crippen molar-refractivity contribution in [1.29, 1.82) is 0 Å². The highest BCUT2D eigenvalue weighted by molar-refractivity contribution is 6.29. The van der Waals surface area contributed by atoms with Gasteiger partial charge in [-0.1, -0.05) is 11.6 Å². The second-order valence-corrected chi connectivity index (χ2v) is 1.92. The van der Waals surface area contributed by atoms with Crippen LogP contribution < -0.4 is 11.5 Å².